The summed E-state index contributed by atoms with van der Waals surface area (Å²) in [5.41, 5.74) is 1.65. The van der Waals surface area contributed by atoms with E-state index in [0.717, 1.165) is 55.1 Å². The Labute approximate surface area is 181 Å². The molecule has 1 aromatic heterocycles. The third-order valence-corrected chi connectivity index (χ3v) is 5.42. The van der Waals surface area contributed by atoms with Crippen LogP contribution in [0.1, 0.15) is 30.7 Å². The van der Waals surface area contributed by atoms with Gasteiger partial charge in [-0.05, 0) is 54.8 Å². The Hall–Kier alpha value is -3.55. The summed E-state index contributed by atoms with van der Waals surface area (Å²) in [7, 11) is 3.25. The zero-order chi connectivity index (χ0) is 21.6. The van der Waals surface area contributed by atoms with E-state index in [-0.39, 0.29) is 6.03 Å². The second kappa shape index (κ2) is 9.51. The van der Waals surface area contributed by atoms with Gasteiger partial charge in [0, 0.05) is 18.7 Å². The van der Waals surface area contributed by atoms with E-state index in [2.05, 4.69) is 20.1 Å². The van der Waals surface area contributed by atoms with Gasteiger partial charge in [0.2, 0.25) is 5.95 Å². The zero-order valence-corrected chi connectivity index (χ0v) is 17.9. The van der Waals surface area contributed by atoms with Crippen LogP contribution in [0.5, 0.6) is 11.5 Å². The molecule has 0 radical (unpaired) electrons. The first kappa shape index (κ1) is 20.7. The third kappa shape index (κ3) is 4.79. The van der Waals surface area contributed by atoms with Crippen molar-refractivity contribution in [3.05, 3.63) is 59.9 Å². The van der Waals surface area contributed by atoms with Crippen LogP contribution in [0.3, 0.4) is 0 Å². The first-order chi connectivity index (χ1) is 15.2. The first-order valence-electron chi connectivity index (χ1n) is 10.5. The van der Waals surface area contributed by atoms with E-state index >= 15 is 0 Å². The van der Waals surface area contributed by atoms with Crippen LogP contribution in [0.25, 0.3) is 0 Å². The predicted molar refractivity (Wildman–Crippen MR) is 119 cm³/mol. The fourth-order valence-corrected chi connectivity index (χ4v) is 3.68. The van der Waals surface area contributed by atoms with Crippen molar-refractivity contribution in [2.24, 2.45) is 0 Å². The van der Waals surface area contributed by atoms with E-state index in [1.54, 1.807) is 19.1 Å². The molecule has 2 amide bonds. The van der Waals surface area contributed by atoms with Crippen LogP contribution in [0.15, 0.2) is 48.5 Å². The number of benzene rings is 2. The van der Waals surface area contributed by atoms with Crippen LogP contribution >= 0.6 is 0 Å². The molecule has 4 rings (SSSR count). The van der Waals surface area contributed by atoms with Gasteiger partial charge in [0.1, 0.15) is 17.3 Å². The highest BCUT2D eigenvalue weighted by atomic mass is 16.5. The number of aryl methyl sites for hydroxylation is 1. The van der Waals surface area contributed by atoms with Crippen LogP contribution < -0.4 is 19.7 Å². The topological polar surface area (TPSA) is 81.5 Å². The first-order valence-corrected chi connectivity index (χ1v) is 10.5. The Morgan fingerprint density at radius 2 is 1.65 bits per heavy atom. The van der Waals surface area contributed by atoms with Crippen molar-refractivity contribution in [1.29, 1.82) is 0 Å². The number of amides is 2. The molecule has 0 saturated carbocycles. The third-order valence-electron chi connectivity index (χ3n) is 5.42. The van der Waals surface area contributed by atoms with Crippen LogP contribution in [-0.2, 0) is 19.5 Å². The van der Waals surface area contributed by atoms with Crippen LogP contribution in [0.4, 0.5) is 16.4 Å². The van der Waals surface area contributed by atoms with Gasteiger partial charge in [0.15, 0.2) is 0 Å². The number of carbonyl (C=O) groups is 1. The lowest BCUT2D eigenvalue weighted by molar-refractivity contribution is 0.256. The number of nitrogens with zero attached hydrogens (tertiary/aromatic N) is 4. The average molecular weight is 422 g/mol. The number of rotatable bonds is 6. The number of fused-ring (bicyclic) bond motifs is 1. The highest BCUT2D eigenvalue weighted by Gasteiger charge is 2.25. The minimum Gasteiger partial charge on any atom is -0.497 e. The van der Waals surface area contributed by atoms with Gasteiger partial charge in [-0.2, -0.15) is 0 Å². The molecule has 1 aliphatic rings. The standard InChI is InChI=1S/C23H27N5O3/c1-30-19-11-7-17(8-12-19)16-28(22-26-25-21-6-4-3-5-15-27(21)22)23(29)24-18-9-13-20(31-2)14-10-18/h7-14H,3-6,15-16H2,1-2H3,(H,24,29). The highest BCUT2D eigenvalue weighted by molar-refractivity contribution is 6.00. The fraction of sp³-hybridized carbons (Fsp3) is 0.348. The van der Waals surface area contributed by atoms with Gasteiger partial charge in [0.25, 0.3) is 0 Å². The summed E-state index contributed by atoms with van der Waals surface area (Å²) < 4.78 is 12.5. The van der Waals surface area contributed by atoms with Crippen LogP contribution in [0.2, 0.25) is 0 Å². The second-order valence-corrected chi connectivity index (χ2v) is 7.47. The largest absolute Gasteiger partial charge is 0.497 e. The van der Waals surface area contributed by atoms with E-state index in [4.69, 9.17) is 9.47 Å². The van der Waals surface area contributed by atoms with Gasteiger partial charge < -0.3 is 14.8 Å². The molecule has 1 N–H and O–H groups in total. The second-order valence-electron chi connectivity index (χ2n) is 7.47. The Bertz CT molecular complexity index is 1010. The van der Waals surface area contributed by atoms with Crippen LogP contribution in [-0.4, -0.2) is 35.0 Å². The lowest BCUT2D eigenvalue weighted by atomic mass is 10.2. The molecule has 31 heavy (non-hydrogen) atoms. The predicted octanol–water partition coefficient (Wildman–Crippen LogP) is 4.26. The van der Waals surface area contributed by atoms with E-state index in [0.29, 0.717) is 18.2 Å². The van der Waals surface area contributed by atoms with Crippen molar-refractivity contribution in [2.75, 3.05) is 24.4 Å². The molecule has 0 aliphatic carbocycles. The summed E-state index contributed by atoms with van der Waals surface area (Å²) in [6, 6.07) is 14.7. The number of carbonyl (C=O) groups excluding carboxylic acids is 1. The van der Waals surface area contributed by atoms with Crippen molar-refractivity contribution >= 4 is 17.7 Å². The molecule has 0 atom stereocenters. The molecule has 8 heteroatoms. The molecule has 3 aromatic rings. The van der Waals surface area contributed by atoms with Gasteiger partial charge in [-0.1, -0.05) is 18.6 Å². The molecule has 0 spiro atoms. The van der Waals surface area contributed by atoms with Crippen molar-refractivity contribution in [3.8, 4) is 11.5 Å². The Kier molecular flexibility index (Phi) is 6.35. The van der Waals surface area contributed by atoms with E-state index in [1.807, 2.05) is 48.5 Å². The van der Waals surface area contributed by atoms with Gasteiger partial charge in [0.05, 0.1) is 20.8 Å². The van der Waals surface area contributed by atoms with Crippen molar-refractivity contribution < 1.29 is 14.3 Å². The Morgan fingerprint density at radius 1 is 0.968 bits per heavy atom. The maximum absolute atomic E-state index is 13.3. The summed E-state index contributed by atoms with van der Waals surface area (Å²) in [5, 5.41) is 11.7. The summed E-state index contributed by atoms with van der Waals surface area (Å²) in [5.74, 6) is 3.01. The molecule has 162 valence electrons. The number of methoxy groups -OCH3 is 2. The molecule has 2 aromatic carbocycles. The summed E-state index contributed by atoms with van der Waals surface area (Å²) in [4.78, 5) is 15.0. The number of nitrogens with one attached hydrogen (secondary N) is 1. The van der Waals surface area contributed by atoms with E-state index < -0.39 is 0 Å². The summed E-state index contributed by atoms with van der Waals surface area (Å²) in [6.07, 6.45) is 4.17. The number of anilines is 2. The minimum absolute atomic E-state index is 0.263. The normalized spacial score (nSPS) is 13.1. The maximum Gasteiger partial charge on any atom is 0.329 e. The number of hydrogen-bond donors (Lipinski definition) is 1. The lowest BCUT2D eigenvalue weighted by Crippen LogP contribution is -2.36. The molecule has 0 bridgehead atoms. The van der Waals surface area contributed by atoms with Gasteiger partial charge in [-0.15, -0.1) is 10.2 Å². The number of ether oxygens (including phenoxy) is 2. The number of hydrogen-bond acceptors (Lipinski definition) is 5. The lowest BCUT2D eigenvalue weighted by Gasteiger charge is -2.23. The summed E-state index contributed by atoms with van der Waals surface area (Å²) in [6.45, 7) is 1.18. The van der Waals surface area contributed by atoms with Crippen molar-refractivity contribution in [2.45, 2.75) is 38.8 Å². The van der Waals surface area contributed by atoms with E-state index in [9.17, 15) is 4.79 Å². The van der Waals surface area contributed by atoms with Gasteiger partial charge in [-0.25, -0.2) is 4.79 Å². The molecular formula is C23H27N5O3. The van der Waals surface area contributed by atoms with Gasteiger partial charge in [-0.3, -0.25) is 9.47 Å². The highest BCUT2D eigenvalue weighted by Crippen LogP contribution is 2.24. The maximum atomic E-state index is 13.3. The fourth-order valence-electron chi connectivity index (χ4n) is 3.68. The smallest absolute Gasteiger partial charge is 0.329 e. The molecular weight excluding hydrogens is 394 g/mol. The quantitative estimate of drug-likeness (QED) is 0.643. The molecule has 0 saturated heterocycles. The molecule has 2 heterocycles. The Morgan fingerprint density at radius 3 is 2.32 bits per heavy atom. The zero-order valence-electron chi connectivity index (χ0n) is 17.9. The van der Waals surface area contributed by atoms with E-state index in [1.165, 1.54) is 0 Å². The molecule has 0 fully saturated rings. The van der Waals surface area contributed by atoms with Crippen molar-refractivity contribution in [3.63, 3.8) is 0 Å². The average Bonchev–Trinajstić information content (AvgIpc) is 3.05. The molecule has 1 aliphatic heterocycles. The Balaban J connectivity index is 1.62. The SMILES string of the molecule is COc1ccc(CN(C(=O)Nc2ccc(OC)cc2)c2nnc3n2CCCCC3)cc1. The number of urea groups is 1. The molecule has 0 unspecified atom stereocenters. The molecule has 8 nitrogen and oxygen atoms in total. The summed E-state index contributed by atoms with van der Waals surface area (Å²) >= 11 is 0. The minimum atomic E-state index is -0.263. The number of aromatic nitrogens is 3. The van der Waals surface area contributed by atoms with Gasteiger partial charge >= 0.3 is 6.03 Å². The van der Waals surface area contributed by atoms with Crippen LogP contribution in [0, 0.1) is 0 Å². The van der Waals surface area contributed by atoms with Crippen molar-refractivity contribution in [1.82, 2.24) is 14.8 Å². The monoisotopic (exact) mass is 421 g/mol.